The molecular formula is C12H13BrN2OS. The van der Waals surface area contributed by atoms with Crippen molar-refractivity contribution in [1.82, 2.24) is 4.98 Å². The minimum atomic E-state index is 0.133. The third kappa shape index (κ3) is 2.98. The number of ether oxygens (including phenoxy) is 1. The molecule has 0 amide bonds. The number of benzene rings is 1. The Morgan fingerprint density at radius 2 is 2.18 bits per heavy atom. The molecule has 17 heavy (non-hydrogen) atoms. The molecule has 3 nitrogen and oxygen atoms in total. The number of hydrogen-bond acceptors (Lipinski definition) is 4. The van der Waals surface area contributed by atoms with Crippen LogP contribution in [0.4, 0.5) is 5.13 Å². The van der Waals surface area contributed by atoms with Gasteiger partial charge in [0.1, 0.15) is 5.75 Å². The summed E-state index contributed by atoms with van der Waals surface area (Å²) in [4.78, 5) is 5.08. The van der Waals surface area contributed by atoms with Crippen molar-refractivity contribution in [2.45, 2.75) is 20.0 Å². The summed E-state index contributed by atoms with van der Waals surface area (Å²) >= 11 is 4.91. The van der Waals surface area contributed by atoms with Crippen LogP contribution in [0.5, 0.6) is 5.75 Å². The molecule has 2 aromatic rings. The van der Waals surface area contributed by atoms with E-state index in [1.165, 1.54) is 11.3 Å². The molecule has 0 saturated heterocycles. The van der Waals surface area contributed by atoms with Gasteiger partial charge in [-0.1, -0.05) is 27.3 Å². The molecule has 1 aromatic heterocycles. The predicted octanol–water partition coefficient (Wildman–Crippen LogP) is 3.94. The Balaban J connectivity index is 2.45. The first-order valence-corrected chi connectivity index (χ1v) is 6.85. The zero-order valence-corrected chi connectivity index (χ0v) is 12.0. The Kier molecular flexibility index (Phi) is 3.69. The van der Waals surface area contributed by atoms with Gasteiger partial charge in [0.25, 0.3) is 0 Å². The third-order valence-electron chi connectivity index (χ3n) is 2.10. The van der Waals surface area contributed by atoms with Gasteiger partial charge in [0, 0.05) is 16.2 Å². The highest BCUT2D eigenvalue weighted by Crippen LogP contribution is 2.36. The number of aromatic nitrogens is 1. The molecule has 0 aliphatic carbocycles. The van der Waals surface area contributed by atoms with Crippen LogP contribution < -0.4 is 10.5 Å². The second-order valence-electron chi connectivity index (χ2n) is 3.87. The largest absolute Gasteiger partial charge is 0.490 e. The molecule has 0 fully saturated rings. The van der Waals surface area contributed by atoms with Crippen molar-refractivity contribution < 1.29 is 4.74 Å². The smallest absolute Gasteiger partial charge is 0.180 e. The van der Waals surface area contributed by atoms with Crippen LogP contribution in [-0.4, -0.2) is 11.1 Å². The van der Waals surface area contributed by atoms with Crippen molar-refractivity contribution in [3.63, 3.8) is 0 Å². The van der Waals surface area contributed by atoms with E-state index in [4.69, 9.17) is 10.5 Å². The van der Waals surface area contributed by atoms with Gasteiger partial charge in [-0.2, -0.15) is 0 Å². The number of nitrogen functional groups attached to an aromatic ring is 1. The molecule has 0 saturated carbocycles. The lowest BCUT2D eigenvalue weighted by Gasteiger charge is -2.13. The van der Waals surface area contributed by atoms with E-state index in [1.54, 1.807) is 6.20 Å². The molecule has 0 unspecified atom stereocenters. The Bertz CT molecular complexity index is 525. The molecule has 90 valence electrons. The number of hydrogen-bond donors (Lipinski definition) is 1. The lowest BCUT2D eigenvalue weighted by molar-refractivity contribution is 0.243. The topological polar surface area (TPSA) is 48.1 Å². The zero-order valence-electron chi connectivity index (χ0n) is 9.61. The van der Waals surface area contributed by atoms with Gasteiger partial charge in [0.15, 0.2) is 5.13 Å². The maximum Gasteiger partial charge on any atom is 0.180 e. The highest BCUT2D eigenvalue weighted by molar-refractivity contribution is 9.10. The van der Waals surface area contributed by atoms with E-state index in [2.05, 4.69) is 20.9 Å². The fourth-order valence-corrected chi connectivity index (χ4v) is 2.52. The molecule has 2 rings (SSSR count). The van der Waals surface area contributed by atoms with Gasteiger partial charge in [0.05, 0.1) is 11.0 Å². The monoisotopic (exact) mass is 312 g/mol. The van der Waals surface area contributed by atoms with Gasteiger partial charge in [-0.05, 0) is 32.0 Å². The summed E-state index contributed by atoms with van der Waals surface area (Å²) in [5.74, 6) is 0.845. The van der Waals surface area contributed by atoms with Gasteiger partial charge >= 0.3 is 0 Å². The van der Waals surface area contributed by atoms with E-state index in [-0.39, 0.29) is 6.10 Å². The second kappa shape index (κ2) is 5.06. The first kappa shape index (κ1) is 12.4. The first-order chi connectivity index (χ1) is 8.06. The molecular weight excluding hydrogens is 300 g/mol. The van der Waals surface area contributed by atoms with E-state index in [0.29, 0.717) is 5.13 Å². The molecule has 2 N–H and O–H groups in total. The van der Waals surface area contributed by atoms with Crippen LogP contribution in [0, 0.1) is 0 Å². The van der Waals surface area contributed by atoms with E-state index in [1.807, 2.05) is 32.0 Å². The van der Waals surface area contributed by atoms with Crippen LogP contribution >= 0.6 is 27.3 Å². The standard InChI is InChI=1S/C12H13BrN2OS/c1-7(2)16-10-5-8(13)3-4-9(10)11-6-15-12(14)17-11/h3-7H,1-2H3,(H2,14,15). The molecule has 0 spiro atoms. The quantitative estimate of drug-likeness (QED) is 0.933. The van der Waals surface area contributed by atoms with Crippen molar-refractivity contribution in [1.29, 1.82) is 0 Å². The van der Waals surface area contributed by atoms with Gasteiger partial charge in [-0.15, -0.1) is 0 Å². The van der Waals surface area contributed by atoms with Crippen LogP contribution in [0.1, 0.15) is 13.8 Å². The molecule has 0 bridgehead atoms. The van der Waals surface area contributed by atoms with Crippen LogP contribution in [0.25, 0.3) is 10.4 Å². The van der Waals surface area contributed by atoms with Gasteiger partial charge in [-0.3, -0.25) is 0 Å². The van der Waals surface area contributed by atoms with Crippen LogP contribution in [0.15, 0.2) is 28.9 Å². The summed E-state index contributed by atoms with van der Waals surface area (Å²) < 4.78 is 6.79. The Labute approximate surface area is 113 Å². The van der Waals surface area contributed by atoms with Gasteiger partial charge in [0.2, 0.25) is 0 Å². The third-order valence-corrected chi connectivity index (χ3v) is 3.45. The van der Waals surface area contributed by atoms with Crippen molar-refractivity contribution in [3.8, 4) is 16.2 Å². The minimum absolute atomic E-state index is 0.133. The lowest BCUT2D eigenvalue weighted by Crippen LogP contribution is -2.06. The van der Waals surface area contributed by atoms with Gasteiger partial charge in [-0.25, -0.2) is 4.98 Å². The van der Waals surface area contributed by atoms with Crippen molar-refractivity contribution in [3.05, 3.63) is 28.9 Å². The predicted molar refractivity (Wildman–Crippen MR) is 75.4 cm³/mol. The average molecular weight is 313 g/mol. The molecule has 5 heteroatoms. The Morgan fingerprint density at radius 1 is 1.41 bits per heavy atom. The number of thiazole rings is 1. The first-order valence-electron chi connectivity index (χ1n) is 5.24. The highest BCUT2D eigenvalue weighted by atomic mass is 79.9. The summed E-state index contributed by atoms with van der Waals surface area (Å²) in [6, 6.07) is 5.96. The maximum atomic E-state index is 5.80. The molecule has 1 aromatic carbocycles. The fourth-order valence-electron chi connectivity index (χ4n) is 1.46. The van der Waals surface area contributed by atoms with Crippen molar-refractivity contribution in [2.24, 2.45) is 0 Å². The summed E-state index contributed by atoms with van der Waals surface area (Å²) in [6.45, 7) is 4.01. The highest BCUT2D eigenvalue weighted by Gasteiger charge is 2.11. The zero-order chi connectivity index (χ0) is 12.4. The summed E-state index contributed by atoms with van der Waals surface area (Å²) in [7, 11) is 0. The molecule has 0 radical (unpaired) electrons. The van der Waals surface area contributed by atoms with Crippen LogP contribution in [0.3, 0.4) is 0 Å². The van der Waals surface area contributed by atoms with Crippen LogP contribution in [0.2, 0.25) is 0 Å². The Hall–Kier alpha value is -1.07. The van der Waals surface area contributed by atoms with E-state index >= 15 is 0 Å². The molecule has 1 heterocycles. The lowest BCUT2D eigenvalue weighted by atomic mass is 10.2. The Morgan fingerprint density at radius 3 is 2.76 bits per heavy atom. The molecule has 0 aliphatic heterocycles. The second-order valence-corrected chi connectivity index (χ2v) is 5.85. The minimum Gasteiger partial charge on any atom is -0.490 e. The summed E-state index contributed by atoms with van der Waals surface area (Å²) in [6.07, 6.45) is 1.91. The summed E-state index contributed by atoms with van der Waals surface area (Å²) in [5.41, 5.74) is 6.68. The maximum absolute atomic E-state index is 5.80. The van der Waals surface area contributed by atoms with Crippen LogP contribution in [-0.2, 0) is 0 Å². The van der Waals surface area contributed by atoms with E-state index in [9.17, 15) is 0 Å². The number of nitrogens with zero attached hydrogens (tertiary/aromatic N) is 1. The van der Waals surface area contributed by atoms with Gasteiger partial charge < -0.3 is 10.5 Å². The number of rotatable bonds is 3. The molecule has 0 atom stereocenters. The SMILES string of the molecule is CC(C)Oc1cc(Br)ccc1-c1cnc(N)s1. The fraction of sp³-hybridized carbons (Fsp3) is 0.250. The van der Waals surface area contributed by atoms with Crippen molar-refractivity contribution in [2.75, 3.05) is 5.73 Å². The average Bonchev–Trinajstić information content (AvgIpc) is 2.64. The number of anilines is 1. The van der Waals surface area contributed by atoms with Crippen molar-refractivity contribution >= 4 is 32.4 Å². The van der Waals surface area contributed by atoms with E-state index < -0.39 is 0 Å². The number of nitrogens with two attached hydrogens (primary N) is 1. The summed E-state index contributed by atoms with van der Waals surface area (Å²) in [5, 5.41) is 0.568. The normalized spacial score (nSPS) is 10.8. The van der Waals surface area contributed by atoms with E-state index in [0.717, 1.165) is 20.7 Å². The number of halogens is 1. The molecule has 0 aliphatic rings.